The highest BCUT2D eigenvalue weighted by Crippen LogP contribution is 2.38. The molecule has 0 unspecified atom stereocenters. The van der Waals surface area contributed by atoms with Gasteiger partial charge in [0.2, 0.25) is 0 Å². The first kappa shape index (κ1) is 12.1. The molecule has 2 N–H and O–H groups in total. The highest BCUT2D eigenvalue weighted by molar-refractivity contribution is 6.31. The summed E-state index contributed by atoms with van der Waals surface area (Å²) in [6.45, 7) is 0.432. The standard InChI is InChI=1S/C10H13ClFNO2/c1-14-9-6(3-4-13)5-7(11)8(12)10(9)15-2/h5H,3-4,13H2,1-2H3. The molecule has 84 valence electrons. The van der Waals surface area contributed by atoms with Crippen LogP contribution in [0.4, 0.5) is 4.39 Å². The van der Waals surface area contributed by atoms with Crippen molar-refractivity contribution >= 4 is 11.6 Å². The first-order valence-electron chi connectivity index (χ1n) is 4.44. The molecule has 0 amide bonds. The van der Waals surface area contributed by atoms with Crippen LogP contribution in [0.25, 0.3) is 0 Å². The smallest absolute Gasteiger partial charge is 0.198 e. The van der Waals surface area contributed by atoms with Gasteiger partial charge in [-0.3, -0.25) is 0 Å². The molecule has 3 nitrogen and oxygen atoms in total. The summed E-state index contributed by atoms with van der Waals surface area (Å²) >= 11 is 5.71. The highest BCUT2D eigenvalue weighted by Gasteiger charge is 2.18. The van der Waals surface area contributed by atoms with E-state index in [-0.39, 0.29) is 10.8 Å². The summed E-state index contributed by atoms with van der Waals surface area (Å²) in [6.07, 6.45) is 0.555. The molecule has 5 heteroatoms. The Morgan fingerprint density at radius 2 is 1.93 bits per heavy atom. The number of methoxy groups -OCH3 is 2. The zero-order valence-corrected chi connectivity index (χ0v) is 9.40. The molecule has 0 saturated carbocycles. The lowest BCUT2D eigenvalue weighted by atomic mass is 10.1. The monoisotopic (exact) mass is 233 g/mol. The van der Waals surface area contributed by atoms with Gasteiger partial charge in [-0.15, -0.1) is 0 Å². The van der Waals surface area contributed by atoms with Crippen molar-refractivity contribution in [3.05, 3.63) is 22.5 Å². The molecule has 0 bridgehead atoms. The minimum atomic E-state index is -0.614. The Hall–Kier alpha value is -1.00. The van der Waals surface area contributed by atoms with E-state index in [4.69, 9.17) is 26.8 Å². The number of ether oxygens (including phenoxy) is 2. The lowest BCUT2D eigenvalue weighted by Crippen LogP contribution is -2.06. The molecule has 0 heterocycles. The molecule has 0 aliphatic carbocycles. The number of nitrogens with two attached hydrogens (primary N) is 1. The minimum absolute atomic E-state index is 0.0103. The van der Waals surface area contributed by atoms with Crippen molar-refractivity contribution in [3.8, 4) is 11.5 Å². The number of benzene rings is 1. The van der Waals surface area contributed by atoms with Gasteiger partial charge in [0.1, 0.15) is 0 Å². The Balaban J connectivity index is 3.33. The summed E-state index contributed by atoms with van der Waals surface area (Å²) in [4.78, 5) is 0. The SMILES string of the molecule is COc1c(CCN)cc(Cl)c(F)c1OC. The quantitative estimate of drug-likeness (QED) is 0.865. The molecular formula is C10H13ClFNO2. The maximum atomic E-state index is 13.5. The van der Waals surface area contributed by atoms with Crippen LogP contribution in [0.15, 0.2) is 6.07 Å². The van der Waals surface area contributed by atoms with Gasteiger partial charge in [-0.25, -0.2) is 4.39 Å². The van der Waals surface area contributed by atoms with Gasteiger partial charge >= 0.3 is 0 Å². The summed E-state index contributed by atoms with van der Waals surface area (Å²) in [6, 6.07) is 1.51. The van der Waals surface area contributed by atoms with Crippen molar-refractivity contribution in [2.45, 2.75) is 6.42 Å². The van der Waals surface area contributed by atoms with Crippen molar-refractivity contribution < 1.29 is 13.9 Å². The average molecular weight is 234 g/mol. The maximum absolute atomic E-state index is 13.5. The third-order valence-electron chi connectivity index (χ3n) is 2.03. The molecule has 0 atom stereocenters. The highest BCUT2D eigenvalue weighted by atomic mass is 35.5. The van der Waals surface area contributed by atoms with Crippen molar-refractivity contribution in [2.75, 3.05) is 20.8 Å². The molecule has 1 aromatic rings. The second-order valence-corrected chi connectivity index (χ2v) is 3.34. The van der Waals surface area contributed by atoms with Gasteiger partial charge in [0.05, 0.1) is 19.2 Å². The molecule has 0 spiro atoms. The van der Waals surface area contributed by atoms with E-state index in [1.165, 1.54) is 20.3 Å². The van der Waals surface area contributed by atoms with Crippen molar-refractivity contribution in [1.82, 2.24) is 0 Å². The molecular weight excluding hydrogens is 221 g/mol. The van der Waals surface area contributed by atoms with E-state index >= 15 is 0 Å². The Morgan fingerprint density at radius 1 is 1.33 bits per heavy atom. The second-order valence-electron chi connectivity index (χ2n) is 2.94. The van der Waals surface area contributed by atoms with Gasteiger partial charge < -0.3 is 15.2 Å². The van der Waals surface area contributed by atoms with Gasteiger partial charge in [0, 0.05) is 5.56 Å². The van der Waals surface area contributed by atoms with Gasteiger partial charge in [-0.1, -0.05) is 11.6 Å². The number of halogens is 2. The Bertz CT molecular complexity index is 358. The molecule has 0 saturated heterocycles. The van der Waals surface area contributed by atoms with Crippen LogP contribution in [0.2, 0.25) is 5.02 Å². The third kappa shape index (κ3) is 2.33. The molecule has 1 rings (SSSR count). The molecule has 0 radical (unpaired) electrons. The minimum Gasteiger partial charge on any atom is -0.492 e. The van der Waals surface area contributed by atoms with Gasteiger partial charge in [0.15, 0.2) is 17.3 Å². The van der Waals surface area contributed by atoms with Gasteiger partial charge in [-0.05, 0) is 19.0 Å². The summed E-state index contributed by atoms with van der Waals surface area (Å²) < 4.78 is 23.5. The van der Waals surface area contributed by atoms with E-state index in [9.17, 15) is 4.39 Å². The van der Waals surface area contributed by atoms with Crippen LogP contribution in [0.3, 0.4) is 0 Å². The topological polar surface area (TPSA) is 44.5 Å². The molecule has 0 fully saturated rings. The Labute approximate surface area is 92.9 Å². The lowest BCUT2D eigenvalue weighted by Gasteiger charge is -2.13. The number of hydrogen-bond donors (Lipinski definition) is 1. The molecule has 0 aromatic heterocycles. The van der Waals surface area contributed by atoms with Crippen LogP contribution in [0, 0.1) is 5.82 Å². The Kier molecular flexibility index (Phi) is 4.17. The Morgan fingerprint density at radius 3 is 2.40 bits per heavy atom. The largest absolute Gasteiger partial charge is 0.492 e. The predicted molar refractivity (Wildman–Crippen MR) is 57.3 cm³/mol. The molecule has 0 aliphatic heterocycles. The van der Waals surface area contributed by atoms with E-state index < -0.39 is 5.82 Å². The first-order chi connectivity index (χ1) is 7.15. The van der Waals surface area contributed by atoms with E-state index in [1.807, 2.05) is 0 Å². The number of rotatable bonds is 4. The summed E-state index contributed by atoms with van der Waals surface area (Å²) in [7, 11) is 2.81. The van der Waals surface area contributed by atoms with Crippen molar-refractivity contribution in [2.24, 2.45) is 5.73 Å². The van der Waals surface area contributed by atoms with Crippen LogP contribution in [-0.2, 0) is 6.42 Å². The van der Waals surface area contributed by atoms with E-state index in [0.29, 0.717) is 18.7 Å². The van der Waals surface area contributed by atoms with Crippen LogP contribution in [-0.4, -0.2) is 20.8 Å². The molecule has 1 aromatic carbocycles. The van der Waals surface area contributed by atoms with Crippen molar-refractivity contribution in [3.63, 3.8) is 0 Å². The second kappa shape index (κ2) is 5.19. The molecule has 15 heavy (non-hydrogen) atoms. The van der Waals surface area contributed by atoms with Crippen LogP contribution >= 0.6 is 11.6 Å². The zero-order chi connectivity index (χ0) is 11.4. The predicted octanol–water partition coefficient (Wildman–Crippen LogP) is 2.00. The first-order valence-corrected chi connectivity index (χ1v) is 4.82. The van der Waals surface area contributed by atoms with Crippen LogP contribution < -0.4 is 15.2 Å². The van der Waals surface area contributed by atoms with Crippen LogP contribution in [0.1, 0.15) is 5.56 Å². The summed E-state index contributed by atoms with van der Waals surface area (Å²) in [5, 5.41) is 0.0103. The maximum Gasteiger partial charge on any atom is 0.198 e. The lowest BCUT2D eigenvalue weighted by molar-refractivity contribution is 0.335. The summed E-state index contributed by atoms with van der Waals surface area (Å²) in [5.41, 5.74) is 6.17. The number of hydrogen-bond acceptors (Lipinski definition) is 3. The average Bonchev–Trinajstić information content (AvgIpc) is 2.23. The van der Waals surface area contributed by atoms with E-state index in [2.05, 4.69) is 0 Å². The fourth-order valence-electron chi connectivity index (χ4n) is 1.38. The normalized spacial score (nSPS) is 10.2. The fraction of sp³-hybridized carbons (Fsp3) is 0.400. The van der Waals surface area contributed by atoms with Crippen molar-refractivity contribution in [1.29, 1.82) is 0 Å². The fourth-order valence-corrected chi connectivity index (χ4v) is 1.60. The zero-order valence-electron chi connectivity index (χ0n) is 8.64. The van der Waals surface area contributed by atoms with Gasteiger partial charge in [0.25, 0.3) is 0 Å². The van der Waals surface area contributed by atoms with E-state index in [0.717, 1.165) is 5.56 Å². The summed E-state index contributed by atoms with van der Waals surface area (Å²) in [5.74, 6) is -0.241. The molecule has 0 aliphatic rings. The van der Waals surface area contributed by atoms with E-state index in [1.54, 1.807) is 0 Å². The van der Waals surface area contributed by atoms with Crippen LogP contribution in [0.5, 0.6) is 11.5 Å². The van der Waals surface area contributed by atoms with Gasteiger partial charge in [-0.2, -0.15) is 0 Å². The third-order valence-corrected chi connectivity index (χ3v) is 2.30.